The van der Waals surface area contributed by atoms with E-state index >= 15 is 0 Å². The van der Waals surface area contributed by atoms with E-state index in [1.165, 1.54) is 0 Å². The molecule has 1 rings (SSSR count). The van der Waals surface area contributed by atoms with Gasteiger partial charge in [-0.3, -0.25) is 5.14 Å². The minimum atomic E-state index is -1.83. The zero-order valence-corrected chi connectivity index (χ0v) is 8.70. The van der Waals surface area contributed by atoms with Gasteiger partial charge >= 0.3 is 0 Å². The van der Waals surface area contributed by atoms with E-state index in [1.54, 1.807) is 12.1 Å². The van der Waals surface area contributed by atoms with Crippen molar-refractivity contribution in [3.8, 4) is 0 Å². The summed E-state index contributed by atoms with van der Waals surface area (Å²) in [6, 6.07) is 7.31. The lowest BCUT2D eigenvalue weighted by molar-refractivity contribution is 0.344. The Labute approximate surface area is 85.0 Å². The average molecular weight is 216 g/mol. The first-order valence-electron chi connectivity index (χ1n) is 4.20. The molecule has 4 nitrogen and oxygen atoms in total. The molecule has 80 valence electrons. The molecule has 0 aromatic heterocycles. The van der Waals surface area contributed by atoms with Crippen molar-refractivity contribution in [2.75, 3.05) is 17.6 Å². The normalized spacial score (nSPS) is 12.8. The summed E-state index contributed by atoms with van der Waals surface area (Å²) in [7, 11) is -1.83. The highest BCUT2D eigenvalue weighted by Gasteiger charge is 2.16. The second kappa shape index (κ2) is 4.65. The molecule has 0 saturated carbocycles. The number of hydrogen-bond donors (Lipinski definition) is 4. The van der Waals surface area contributed by atoms with Gasteiger partial charge in [-0.15, -0.1) is 10.2 Å². The van der Waals surface area contributed by atoms with E-state index in [4.69, 9.17) is 21.1 Å². The minimum Gasteiger partial charge on any atom is -0.399 e. The van der Waals surface area contributed by atoms with E-state index in [0.29, 0.717) is 11.4 Å². The molecule has 0 heterocycles. The molecule has 0 saturated heterocycles. The Morgan fingerprint density at radius 1 is 1.21 bits per heavy atom. The Kier molecular flexibility index (Phi) is 3.77. The van der Waals surface area contributed by atoms with Crippen LogP contribution in [-0.2, 0) is 5.75 Å². The van der Waals surface area contributed by atoms with Gasteiger partial charge in [0.05, 0.1) is 11.9 Å². The maximum Gasteiger partial charge on any atom is 0.0865 e. The SMILES string of the molecule is Nc1cccc(CS(N)(CO)CO)c1. The molecule has 14 heavy (non-hydrogen) atoms. The van der Waals surface area contributed by atoms with Gasteiger partial charge in [0.1, 0.15) is 0 Å². The van der Waals surface area contributed by atoms with Crippen LogP contribution in [0.2, 0.25) is 0 Å². The highest BCUT2D eigenvalue weighted by molar-refractivity contribution is 8.31. The Morgan fingerprint density at radius 2 is 1.86 bits per heavy atom. The van der Waals surface area contributed by atoms with Crippen molar-refractivity contribution in [1.29, 1.82) is 0 Å². The largest absolute Gasteiger partial charge is 0.399 e. The number of aliphatic hydroxyl groups excluding tert-OH is 2. The van der Waals surface area contributed by atoms with E-state index in [0.717, 1.165) is 5.56 Å². The number of nitrogen functional groups attached to an aromatic ring is 1. The van der Waals surface area contributed by atoms with Crippen LogP contribution < -0.4 is 10.9 Å². The zero-order valence-electron chi connectivity index (χ0n) is 7.89. The standard InChI is InChI=1S/C9H16N2O2S/c10-9-3-1-2-8(4-9)5-14(11,6-12)7-13/h1-4,12-13H,5-7,10-11H2. The highest BCUT2D eigenvalue weighted by atomic mass is 32.3. The number of nitrogens with two attached hydrogens (primary N) is 2. The molecule has 1 aromatic rings. The molecule has 6 N–H and O–H groups in total. The van der Waals surface area contributed by atoms with Crippen molar-refractivity contribution in [3.63, 3.8) is 0 Å². The van der Waals surface area contributed by atoms with Crippen LogP contribution in [0.4, 0.5) is 5.69 Å². The van der Waals surface area contributed by atoms with E-state index < -0.39 is 10.2 Å². The van der Waals surface area contributed by atoms with Crippen LogP contribution in [0, 0.1) is 0 Å². The van der Waals surface area contributed by atoms with Crippen LogP contribution in [0.5, 0.6) is 0 Å². The summed E-state index contributed by atoms with van der Waals surface area (Å²) in [5.41, 5.74) is 7.22. The molecule has 0 aliphatic carbocycles. The van der Waals surface area contributed by atoms with Gasteiger partial charge in [-0.25, -0.2) is 0 Å². The molecule has 0 aliphatic rings. The molecule has 1 aromatic carbocycles. The number of rotatable bonds is 4. The fourth-order valence-electron chi connectivity index (χ4n) is 1.15. The first-order valence-corrected chi connectivity index (χ1v) is 6.40. The summed E-state index contributed by atoms with van der Waals surface area (Å²) in [5.74, 6) is 0.154. The van der Waals surface area contributed by atoms with Gasteiger partial charge in [0.2, 0.25) is 0 Å². The summed E-state index contributed by atoms with van der Waals surface area (Å²) in [5, 5.41) is 23.9. The average Bonchev–Trinajstić information content (AvgIpc) is 2.18. The van der Waals surface area contributed by atoms with Crippen LogP contribution in [0.3, 0.4) is 0 Å². The second-order valence-electron chi connectivity index (χ2n) is 3.26. The molecule has 0 aliphatic heterocycles. The third kappa shape index (κ3) is 2.88. The van der Waals surface area contributed by atoms with Crippen molar-refractivity contribution in [3.05, 3.63) is 29.8 Å². The van der Waals surface area contributed by atoms with Crippen LogP contribution in [-0.4, -0.2) is 22.1 Å². The summed E-state index contributed by atoms with van der Waals surface area (Å²) in [4.78, 5) is 0. The monoisotopic (exact) mass is 216 g/mol. The van der Waals surface area contributed by atoms with E-state index in [1.807, 2.05) is 12.1 Å². The number of anilines is 1. The minimum absolute atomic E-state index is 0.168. The predicted octanol–water partition coefficient (Wildman–Crippen LogP) is 0.347. The lowest BCUT2D eigenvalue weighted by atomic mass is 10.2. The molecule has 0 bridgehead atoms. The zero-order chi connectivity index (χ0) is 10.6. The molecular formula is C9H16N2O2S. The van der Waals surface area contributed by atoms with E-state index in [2.05, 4.69) is 0 Å². The molecule has 0 fully saturated rings. The van der Waals surface area contributed by atoms with Crippen molar-refractivity contribution in [1.82, 2.24) is 0 Å². The van der Waals surface area contributed by atoms with Gasteiger partial charge in [-0.05, 0) is 17.7 Å². The fraction of sp³-hybridized carbons (Fsp3) is 0.333. The number of benzene rings is 1. The quantitative estimate of drug-likeness (QED) is 0.546. The lowest BCUT2D eigenvalue weighted by Crippen LogP contribution is -2.20. The highest BCUT2D eigenvalue weighted by Crippen LogP contribution is 2.40. The van der Waals surface area contributed by atoms with Gasteiger partial charge in [0.25, 0.3) is 0 Å². The summed E-state index contributed by atoms with van der Waals surface area (Å²) >= 11 is 0. The summed E-state index contributed by atoms with van der Waals surface area (Å²) in [6.07, 6.45) is 0. The van der Waals surface area contributed by atoms with E-state index in [9.17, 15) is 0 Å². The van der Waals surface area contributed by atoms with Crippen molar-refractivity contribution in [2.45, 2.75) is 5.75 Å². The van der Waals surface area contributed by atoms with Crippen LogP contribution in [0.1, 0.15) is 5.56 Å². The first-order chi connectivity index (χ1) is 6.59. The number of aliphatic hydroxyl groups is 2. The van der Waals surface area contributed by atoms with Crippen molar-refractivity contribution < 1.29 is 10.2 Å². The van der Waals surface area contributed by atoms with Crippen LogP contribution >= 0.6 is 10.2 Å². The van der Waals surface area contributed by atoms with Crippen LogP contribution in [0.15, 0.2) is 24.3 Å². The van der Waals surface area contributed by atoms with Crippen LogP contribution in [0.25, 0.3) is 0 Å². The molecule has 0 radical (unpaired) electrons. The first kappa shape index (κ1) is 11.3. The molecule has 0 atom stereocenters. The van der Waals surface area contributed by atoms with Gasteiger partial charge in [-0.2, -0.15) is 0 Å². The molecule has 5 heteroatoms. The lowest BCUT2D eigenvalue weighted by Gasteiger charge is -2.30. The molecule has 0 spiro atoms. The molecular weight excluding hydrogens is 200 g/mol. The topological polar surface area (TPSA) is 92.5 Å². The number of hydrogen-bond acceptors (Lipinski definition) is 4. The Hall–Kier alpha value is -0.750. The van der Waals surface area contributed by atoms with Gasteiger partial charge in [-0.1, -0.05) is 12.1 Å². The second-order valence-corrected chi connectivity index (χ2v) is 6.29. The van der Waals surface area contributed by atoms with Crippen molar-refractivity contribution >= 4 is 15.9 Å². The molecule has 0 unspecified atom stereocenters. The third-order valence-corrected chi connectivity index (χ3v) is 3.86. The summed E-state index contributed by atoms with van der Waals surface area (Å²) < 4.78 is 0. The maximum atomic E-state index is 9.04. The van der Waals surface area contributed by atoms with Gasteiger partial charge in [0.15, 0.2) is 0 Å². The third-order valence-electron chi connectivity index (χ3n) is 1.92. The fourth-order valence-corrected chi connectivity index (χ4v) is 2.25. The Bertz CT molecular complexity index is 303. The predicted molar refractivity (Wildman–Crippen MR) is 60.5 cm³/mol. The van der Waals surface area contributed by atoms with Crippen molar-refractivity contribution in [2.24, 2.45) is 5.14 Å². The Balaban J connectivity index is 2.77. The summed E-state index contributed by atoms with van der Waals surface area (Å²) in [6.45, 7) is 0. The van der Waals surface area contributed by atoms with E-state index in [-0.39, 0.29) is 11.9 Å². The smallest absolute Gasteiger partial charge is 0.0865 e. The van der Waals surface area contributed by atoms with Gasteiger partial charge in [0, 0.05) is 11.4 Å². The molecule has 0 amide bonds. The maximum absolute atomic E-state index is 9.04. The van der Waals surface area contributed by atoms with Gasteiger partial charge < -0.3 is 15.9 Å². The Morgan fingerprint density at radius 3 is 2.36 bits per heavy atom.